The maximum atomic E-state index is 6.82. The highest BCUT2D eigenvalue weighted by molar-refractivity contribution is 6.28. The van der Waals surface area contributed by atoms with Gasteiger partial charge in [0.1, 0.15) is 22.3 Å². The monoisotopic (exact) mass is 613 g/mol. The quantitative estimate of drug-likeness (QED) is 0.198. The van der Waals surface area contributed by atoms with Crippen LogP contribution in [0.15, 0.2) is 148 Å². The minimum absolute atomic E-state index is 0.552. The highest BCUT2D eigenvalue weighted by atomic mass is 16.3. The van der Waals surface area contributed by atoms with Crippen molar-refractivity contribution in [2.24, 2.45) is 0 Å². The number of rotatable bonds is 3. The summed E-state index contributed by atoms with van der Waals surface area (Å²) in [6, 6.07) is 47.8. The zero-order chi connectivity index (χ0) is 31.3. The standard InChI is InChI=1S/C43H23N3O2/c1-2-11-24(12-3-1)41-44-42(31-19-10-22-35-38(31)28-15-6-7-21-34(28)47-35)46-43(45-41)32-20-9-18-30-39-29-17-8-16-27-25-13-4-5-14-26(25)33(37(27)29)23-36(39)48-40(30)32/h1-23H. The van der Waals surface area contributed by atoms with E-state index in [2.05, 4.69) is 72.8 Å². The van der Waals surface area contributed by atoms with E-state index in [0.717, 1.165) is 60.6 Å². The molecule has 1 aliphatic carbocycles. The zero-order valence-corrected chi connectivity index (χ0v) is 25.4. The molecule has 0 aliphatic heterocycles. The fourth-order valence-corrected chi connectivity index (χ4v) is 7.63. The van der Waals surface area contributed by atoms with Crippen molar-refractivity contribution in [1.82, 2.24) is 15.0 Å². The first-order valence-corrected chi connectivity index (χ1v) is 16.0. The van der Waals surface area contributed by atoms with Crippen LogP contribution in [0.3, 0.4) is 0 Å². The van der Waals surface area contributed by atoms with Gasteiger partial charge in [0.2, 0.25) is 0 Å². The minimum Gasteiger partial charge on any atom is -0.456 e. The first kappa shape index (κ1) is 25.6. The highest BCUT2D eigenvalue weighted by Gasteiger charge is 2.26. The Kier molecular flexibility index (Phi) is 5.05. The van der Waals surface area contributed by atoms with Crippen LogP contribution in [0.5, 0.6) is 0 Å². The van der Waals surface area contributed by atoms with E-state index in [1.54, 1.807) is 0 Å². The Morgan fingerprint density at radius 2 is 0.938 bits per heavy atom. The molecule has 5 heteroatoms. The molecule has 0 saturated carbocycles. The van der Waals surface area contributed by atoms with Gasteiger partial charge in [0.25, 0.3) is 0 Å². The minimum atomic E-state index is 0.552. The third-order valence-corrected chi connectivity index (χ3v) is 9.68. The van der Waals surface area contributed by atoms with Gasteiger partial charge in [-0.25, -0.2) is 15.0 Å². The van der Waals surface area contributed by atoms with Crippen molar-refractivity contribution in [3.05, 3.63) is 140 Å². The summed E-state index contributed by atoms with van der Waals surface area (Å²) < 4.78 is 13.0. The van der Waals surface area contributed by atoms with Crippen molar-refractivity contribution in [3.63, 3.8) is 0 Å². The van der Waals surface area contributed by atoms with Gasteiger partial charge in [-0.05, 0) is 57.3 Å². The molecule has 0 N–H and O–H groups in total. The van der Waals surface area contributed by atoms with Gasteiger partial charge in [-0.1, -0.05) is 115 Å². The lowest BCUT2D eigenvalue weighted by Gasteiger charge is -2.09. The zero-order valence-electron chi connectivity index (χ0n) is 25.4. The summed E-state index contributed by atoms with van der Waals surface area (Å²) in [5.41, 5.74) is 10.8. The smallest absolute Gasteiger partial charge is 0.167 e. The SMILES string of the molecule is c1ccc(-c2nc(-c3cccc4c3oc3cc5c6c(cccc6c34)-c3ccccc3-5)nc(-c3cccc4oc5ccccc5c34)n2)cc1. The molecule has 5 nitrogen and oxygen atoms in total. The normalized spacial score (nSPS) is 12.2. The van der Waals surface area contributed by atoms with Gasteiger partial charge < -0.3 is 8.83 Å². The first-order chi connectivity index (χ1) is 23.8. The molecule has 0 fully saturated rings. The fraction of sp³-hybridized carbons (Fsp3) is 0. The summed E-state index contributed by atoms with van der Waals surface area (Å²) >= 11 is 0. The molecule has 222 valence electrons. The Morgan fingerprint density at radius 1 is 0.333 bits per heavy atom. The number of hydrogen-bond acceptors (Lipinski definition) is 5. The van der Waals surface area contributed by atoms with Crippen molar-refractivity contribution in [2.75, 3.05) is 0 Å². The molecule has 1 aliphatic rings. The Balaban J connectivity index is 1.20. The molecule has 0 radical (unpaired) electrons. The Bertz CT molecular complexity index is 2960. The van der Waals surface area contributed by atoms with E-state index in [4.69, 9.17) is 23.8 Å². The molecule has 7 aromatic carbocycles. The van der Waals surface area contributed by atoms with Gasteiger partial charge in [0.05, 0.1) is 5.56 Å². The average molecular weight is 614 g/mol. The number of nitrogens with zero attached hydrogens (tertiary/aromatic N) is 3. The first-order valence-electron chi connectivity index (χ1n) is 16.0. The van der Waals surface area contributed by atoms with Crippen molar-refractivity contribution in [1.29, 1.82) is 0 Å². The van der Waals surface area contributed by atoms with E-state index < -0.39 is 0 Å². The number of furan rings is 2. The second-order valence-corrected chi connectivity index (χ2v) is 12.3. The molecule has 0 amide bonds. The van der Waals surface area contributed by atoms with E-state index >= 15 is 0 Å². The van der Waals surface area contributed by atoms with Crippen molar-refractivity contribution in [2.45, 2.75) is 0 Å². The van der Waals surface area contributed by atoms with Crippen molar-refractivity contribution >= 4 is 54.6 Å². The summed E-state index contributed by atoms with van der Waals surface area (Å²) in [6.45, 7) is 0. The van der Waals surface area contributed by atoms with Crippen LogP contribution >= 0.6 is 0 Å². The van der Waals surface area contributed by atoms with Crippen LogP contribution in [0.25, 0.3) is 111 Å². The fourth-order valence-electron chi connectivity index (χ4n) is 7.63. The van der Waals surface area contributed by atoms with Gasteiger partial charge in [0, 0.05) is 32.7 Å². The molecule has 0 spiro atoms. The molecule has 3 aromatic heterocycles. The van der Waals surface area contributed by atoms with Gasteiger partial charge >= 0.3 is 0 Å². The largest absolute Gasteiger partial charge is 0.456 e. The molecule has 0 bridgehead atoms. The van der Waals surface area contributed by atoms with E-state index in [-0.39, 0.29) is 0 Å². The lowest BCUT2D eigenvalue weighted by Crippen LogP contribution is -2.00. The summed E-state index contributed by atoms with van der Waals surface area (Å²) in [5, 5.41) is 6.60. The van der Waals surface area contributed by atoms with Crippen LogP contribution in [0, 0.1) is 0 Å². The van der Waals surface area contributed by atoms with Crippen LogP contribution in [0.4, 0.5) is 0 Å². The molecule has 48 heavy (non-hydrogen) atoms. The van der Waals surface area contributed by atoms with Crippen molar-refractivity contribution in [3.8, 4) is 56.4 Å². The lowest BCUT2D eigenvalue weighted by molar-refractivity contribution is 0.668. The second-order valence-electron chi connectivity index (χ2n) is 12.3. The predicted octanol–water partition coefficient (Wildman–Crippen LogP) is 11.5. The summed E-state index contributed by atoms with van der Waals surface area (Å²) in [5.74, 6) is 1.72. The third-order valence-electron chi connectivity index (χ3n) is 9.68. The average Bonchev–Trinajstić information content (AvgIpc) is 3.82. The molecule has 0 atom stereocenters. The molecular weight excluding hydrogens is 590 g/mol. The lowest BCUT2D eigenvalue weighted by atomic mass is 9.98. The van der Waals surface area contributed by atoms with Gasteiger partial charge in [-0.2, -0.15) is 0 Å². The van der Waals surface area contributed by atoms with Crippen molar-refractivity contribution < 1.29 is 8.83 Å². The number of hydrogen-bond donors (Lipinski definition) is 0. The molecule has 0 saturated heterocycles. The van der Waals surface area contributed by atoms with Gasteiger partial charge in [-0.3, -0.25) is 0 Å². The Morgan fingerprint density at radius 3 is 1.81 bits per heavy atom. The van der Waals surface area contributed by atoms with Crippen LogP contribution in [0.2, 0.25) is 0 Å². The number of benzene rings is 7. The van der Waals surface area contributed by atoms with E-state index in [1.165, 1.54) is 33.0 Å². The number of fused-ring (bicyclic) bond motifs is 10. The number of aromatic nitrogens is 3. The number of para-hydroxylation sites is 2. The molecule has 0 unspecified atom stereocenters. The van der Waals surface area contributed by atoms with E-state index in [0.29, 0.717) is 17.5 Å². The second kappa shape index (κ2) is 9.47. The summed E-state index contributed by atoms with van der Waals surface area (Å²) in [4.78, 5) is 15.3. The van der Waals surface area contributed by atoms with Crippen LogP contribution in [-0.2, 0) is 0 Å². The Hall–Kier alpha value is -6.59. The van der Waals surface area contributed by atoms with Gasteiger partial charge in [-0.15, -0.1) is 0 Å². The predicted molar refractivity (Wildman–Crippen MR) is 193 cm³/mol. The highest BCUT2D eigenvalue weighted by Crippen LogP contribution is 2.51. The summed E-state index contributed by atoms with van der Waals surface area (Å²) in [7, 11) is 0. The summed E-state index contributed by atoms with van der Waals surface area (Å²) in [6.07, 6.45) is 0. The molecule has 11 rings (SSSR count). The van der Waals surface area contributed by atoms with E-state index in [1.807, 2.05) is 66.7 Å². The van der Waals surface area contributed by atoms with Crippen LogP contribution in [0.1, 0.15) is 0 Å². The van der Waals surface area contributed by atoms with Crippen LogP contribution < -0.4 is 0 Å². The Labute approximate surface area is 273 Å². The van der Waals surface area contributed by atoms with Gasteiger partial charge in [0.15, 0.2) is 17.5 Å². The molecule has 10 aromatic rings. The van der Waals surface area contributed by atoms with E-state index in [9.17, 15) is 0 Å². The molecular formula is C43H23N3O2. The topological polar surface area (TPSA) is 65.0 Å². The maximum absolute atomic E-state index is 6.82. The molecule has 3 heterocycles. The van der Waals surface area contributed by atoms with Crippen LogP contribution in [-0.4, -0.2) is 15.0 Å². The maximum Gasteiger partial charge on any atom is 0.167 e. The third kappa shape index (κ3) is 3.47.